The first-order chi connectivity index (χ1) is 8.36. The van der Waals surface area contributed by atoms with Crippen LogP contribution in [0, 0.1) is 6.92 Å². The van der Waals surface area contributed by atoms with Gasteiger partial charge in [-0.3, -0.25) is 0 Å². The van der Waals surface area contributed by atoms with Crippen LogP contribution in [0.3, 0.4) is 0 Å². The van der Waals surface area contributed by atoms with E-state index in [1.807, 2.05) is 27.7 Å². The predicted molar refractivity (Wildman–Crippen MR) is 86.3 cm³/mol. The maximum Gasteiger partial charge on any atom is -0.0181 e. The van der Waals surface area contributed by atoms with Crippen LogP contribution in [0.15, 0.2) is 42.5 Å². The number of thiol groups is 1. The van der Waals surface area contributed by atoms with Crippen LogP contribution in [0.4, 0.5) is 0 Å². The molecule has 96 valence electrons. The number of hydrogen-bond donors (Lipinski definition) is 1. The highest BCUT2D eigenvalue weighted by atomic mass is 32.1. The standard InChI is InChI=1S/C11H10.2C2H6.CH4S/c1-9-6-7-10-4-2-3-5-11(10)8-9;3*1-2/h2-8H,1H3;2*1-2H3;2H,1H3. The molecule has 17 heavy (non-hydrogen) atoms. The van der Waals surface area contributed by atoms with E-state index in [1.54, 1.807) is 6.26 Å². The second-order valence-electron chi connectivity index (χ2n) is 2.85. The first-order valence-electron chi connectivity index (χ1n) is 6.26. The largest absolute Gasteiger partial charge is 0.183 e. The second-order valence-corrected chi connectivity index (χ2v) is 2.85. The highest BCUT2D eigenvalue weighted by Crippen LogP contribution is 2.14. The van der Waals surface area contributed by atoms with Gasteiger partial charge in [-0.15, -0.1) is 0 Å². The number of hydrogen-bond acceptors (Lipinski definition) is 1. The highest BCUT2D eigenvalue weighted by Gasteiger charge is 1.89. The van der Waals surface area contributed by atoms with E-state index in [0.29, 0.717) is 0 Å². The first kappa shape index (κ1) is 18.4. The van der Waals surface area contributed by atoms with Crippen molar-refractivity contribution in [3.8, 4) is 0 Å². The molecule has 0 nitrogen and oxygen atoms in total. The van der Waals surface area contributed by atoms with Crippen LogP contribution in [0.2, 0.25) is 0 Å². The van der Waals surface area contributed by atoms with Gasteiger partial charge in [-0.2, -0.15) is 12.6 Å². The van der Waals surface area contributed by atoms with E-state index in [1.165, 1.54) is 16.3 Å². The summed E-state index contributed by atoms with van der Waals surface area (Å²) in [6, 6.07) is 14.9. The summed E-state index contributed by atoms with van der Waals surface area (Å²) in [6.45, 7) is 10.1. The molecular weight excluding hydrogens is 224 g/mol. The van der Waals surface area contributed by atoms with E-state index in [2.05, 4.69) is 62.0 Å². The summed E-state index contributed by atoms with van der Waals surface area (Å²) in [6.07, 6.45) is 1.69. The number of fused-ring (bicyclic) bond motifs is 1. The zero-order chi connectivity index (χ0) is 13.7. The smallest absolute Gasteiger partial charge is 0.0181 e. The first-order valence-corrected chi connectivity index (χ1v) is 7.16. The van der Waals surface area contributed by atoms with Crippen molar-refractivity contribution in [2.45, 2.75) is 34.6 Å². The Morgan fingerprint density at radius 2 is 1.18 bits per heavy atom. The van der Waals surface area contributed by atoms with Gasteiger partial charge in [0, 0.05) is 0 Å². The molecule has 2 aromatic carbocycles. The molecule has 0 heterocycles. The number of benzene rings is 2. The fourth-order valence-corrected chi connectivity index (χ4v) is 1.31. The minimum absolute atomic E-state index is 1.32. The van der Waals surface area contributed by atoms with Gasteiger partial charge in [0.15, 0.2) is 0 Å². The van der Waals surface area contributed by atoms with E-state index in [-0.39, 0.29) is 0 Å². The molecule has 0 N–H and O–H groups in total. The van der Waals surface area contributed by atoms with Crippen LogP contribution in [-0.2, 0) is 0 Å². The van der Waals surface area contributed by atoms with E-state index in [0.717, 1.165) is 0 Å². The van der Waals surface area contributed by atoms with Gasteiger partial charge in [0.2, 0.25) is 0 Å². The minimum Gasteiger partial charge on any atom is -0.183 e. The van der Waals surface area contributed by atoms with Gasteiger partial charge >= 0.3 is 0 Å². The van der Waals surface area contributed by atoms with Gasteiger partial charge in [-0.25, -0.2) is 0 Å². The Morgan fingerprint density at radius 3 is 1.71 bits per heavy atom. The lowest BCUT2D eigenvalue weighted by Crippen LogP contribution is -1.73. The molecule has 0 radical (unpaired) electrons. The molecule has 2 aromatic rings. The average molecular weight is 250 g/mol. The Morgan fingerprint density at radius 1 is 0.706 bits per heavy atom. The molecular formula is C16H26S. The molecule has 0 saturated carbocycles. The normalized spacial score (nSPS) is 7.71. The van der Waals surface area contributed by atoms with Crippen molar-refractivity contribution in [1.82, 2.24) is 0 Å². The quantitative estimate of drug-likeness (QED) is 0.566. The third kappa shape index (κ3) is 7.06. The van der Waals surface area contributed by atoms with Crippen molar-refractivity contribution in [3.63, 3.8) is 0 Å². The van der Waals surface area contributed by atoms with Crippen LogP contribution in [-0.4, -0.2) is 6.26 Å². The van der Waals surface area contributed by atoms with Gasteiger partial charge < -0.3 is 0 Å². The fraction of sp³-hybridized carbons (Fsp3) is 0.375. The summed E-state index contributed by atoms with van der Waals surface area (Å²) in [4.78, 5) is 0. The fourth-order valence-electron chi connectivity index (χ4n) is 1.31. The zero-order valence-corrected chi connectivity index (χ0v) is 12.9. The van der Waals surface area contributed by atoms with Crippen molar-refractivity contribution in [1.29, 1.82) is 0 Å². The third-order valence-electron chi connectivity index (χ3n) is 1.90. The van der Waals surface area contributed by atoms with E-state index in [9.17, 15) is 0 Å². The van der Waals surface area contributed by atoms with Crippen molar-refractivity contribution in [2.24, 2.45) is 0 Å². The maximum atomic E-state index is 3.53. The summed E-state index contributed by atoms with van der Waals surface area (Å²) in [5.41, 5.74) is 1.32. The Hall–Kier alpha value is -0.950. The Bertz CT molecular complexity index is 380. The highest BCUT2D eigenvalue weighted by molar-refractivity contribution is 7.79. The second kappa shape index (κ2) is 13.1. The Balaban J connectivity index is 0. The molecule has 0 aromatic heterocycles. The molecule has 0 unspecified atom stereocenters. The lowest BCUT2D eigenvalue weighted by Gasteiger charge is -1.96. The van der Waals surface area contributed by atoms with Crippen molar-refractivity contribution in [3.05, 3.63) is 48.0 Å². The SMILES string of the molecule is CC.CC.CS.Cc1ccc2ccccc2c1. The molecule has 0 aliphatic rings. The molecule has 0 fully saturated rings. The van der Waals surface area contributed by atoms with Gasteiger partial charge in [-0.05, 0) is 24.0 Å². The molecule has 0 aliphatic heterocycles. The summed E-state index contributed by atoms with van der Waals surface area (Å²) in [5, 5.41) is 2.64. The maximum absolute atomic E-state index is 3.53. The van der Waals surface area contributed by atoms with Gasteiger partial charge in [0.1, 0.15) is 0 Å². The van der Waals surface area contributed by atoms with Crippen LogP contribution in [0.5, 0.6) is 0 Å². The van der Waals surface area contributed by atoms with Gasteiger partial charge in [-0.1, -0.05) is 75.7 Å². The Labute approximate surface area is 112 Å². The molecule has 0 saturated heterocycles. The summed E-state index contributed by atoms with van der Waals surface area (Å²) < 4.78 is 0. The van der Waals surface area contributed by atoms with Crippen LogP contribution >= 0.6 is 12.6 Å². The van der Waals surface area contributed by atoms with E-state index >= 15 is 0 Å². The molecule has 0 amide bonds. The molecule has 0 spiro atoms. The van der Waals surface area contributed by atoms with Gasteiger partial charge in [0.25, 0.3) is 0 Å². The molecule has 0 atom stereocenters. The zero-order valence-electron chi connectivity index (χ0n) is 12.0. The number of aryl methyl sites for hydroxylation is 1. The number of rotatable bonds is 0. The predicted octanol–water partition coefficient (Wildman–Crippen LogP) is 5.75. The van der Waals surface area contributed by atoms with Crippen molar-refractivity contribution >= 4 is 23.4 Å². The van der Waals surface area contributed by atoms with Crippen LogP contribution in [0.25, 0.3) is 10.8 Å². The monoisotopic (exact) mass is 250 g/mol. The van der Waals surface area contributed by atoms with E-state index in [4.69, 9.17) is 0 Å². The minimum atomic E-state index is 1.32. The van der Waals surface area contributed by atoms with Gasteiger partial charge in [0.05, 0.1) is 0 Å². The van der Waals surface area contributed by atoms with E-state index < -0.39 is 0 Å². The molecule has 0 bridgehead atoms. The summed E-state index contributed by atoms with van der Waals surface area (Å²) in [5.74, 6) is 0. The topological polar surface area (TPSA) is 0 Å². The third-order valence-corrected chi connectivity index (χ3v) is 1.90. The lowest BCUT2D eigenvalue weighted by molar-refractivity contribution is 1.50. The Kier molecular flexibility index (Phi) is 14.2. The van der Waals surface area contributed by atoms with Crippen LogP contribution in [0.1, 0.15) is 33.3 Å². The molecule has 2 rings (SSSR count). The van der Waals surface area contributed by atoms with Crippen molar-refractivity contribution in [2.75, 3.05) is 6.26 Å². The molecule has 0 aliphatic carbocycles. The molecule has 1 heteroatoms. The average Bonchev–Trinajstić information content (AvgIpc) is 2.45. The lowest BCUT2D eigenvalue weighted by atomic mass is 10.1. The van der Waals surface area contributed by atoms with Crippen molar-refractivity contribution < 1.29 is 0 Å². The van der Waals surface area contributed by atoms with Crippen LogP contribution < -0.4 is 0 Å². The summed E-state index contributed by atoms with van der Waals surface area (Å²) >= 11 is 3.53. The summed E-state index contributed by atoms with van der Waals surface area (Å²) in [7, 11) is 0.